The van der Waals surface area contributed by atoms with E-state index in [0.29, 0.717) is 11.1 Å². The molecule has 5 unspecified atom stereocenters. The molecule has 224 valence electrons. The number of primary amides is 1. The van der Waals surface area contributed by atoms with Crippen LogP contribution in [0.1, 0.15) is 24.5 Å². The van der Waals surface area contributed by atoms with Crippen molar-refractivity contribution in [3.63, 3.8) is 0 Å². The summed E-state index contributed by atoms with van der Waals surface area (Å²) >= 11 is 0. The number of carboxylic acid groups (broad SMARTS) is 1. The maximum absolute atomic E-state index is 13.4. The van der Waals surface area contributed by atoms with Gasteiger partial charge < -0.3 is 47.7 Å². The molecule has 14 nitrogen and oxygen atoms in total. The van der Waals surface area contributed by atoms with Gasteiger partial charge in [-0.1, -0.05) is 30.3 Å². The lowest BCUT2D eigenvalue weighted by Crippen LogP contribution is -2.60. The lowest BCUT2D eigenvalue weighted by molar-refractivity contribution is -0.143. The number of nitrogens with two attached hydrogens (primary N) is 2. The van der Waals surface area contributed by atoms with Gasteiger partial charge in [-0.25, -0.2) is 4.79 Å². The number of aliphatic hydroxyl groups excluding tert-OH is 1. The third kappa shape index (κ3) is 8.52. The van der Waals surface area contributed by atoms with E-state index in [2.05, 4.69) is 20.9 Å². The van der Waals surface area contributed by atoms with Gasteiger partial charge in [0.05, 0.1) is 18.6 Å². The normalized spacial score (nSPS) is 14.6. The second-order valence-electron chi connectivity index (χ2n) is 9.90. The number of aromatic hydroxyl groups is 1. The third-order valence-corrected chi connectivity index (χ3v) is 6.54. The average Bonchev–Trinajstić information content (AvgIpc) is 3.33. The molecule has 0 bridgehead atoms. The fraction of sp³-hybridized carbons (Fsp3) is 0.321. The van der Waals surface area contributed by atoms with E-state index in [1.807, 2.05) is 18.2 Å². The molecule has 0 fully saturated rings. The molecule has 0 aliphatic heterocycles. The second kappa shape index (κ2) is 14.1. The van der Waals surface area contributed by atoms with E-state index >= 15 is 0 Å². The Balaban J connectivity index is 1.80. The molecule has 14 heteroatoms. The Morgan fingerprint density at radius 1 is 0.881 bits per heavy atom. The minimum absolute atomic E-state index is 0.0172. The summed E-state index contributed by atoms with van der Waals surface area (Å²) in [5.41, 5.74) is 12.8. The van der Waals surface area contributed by atoms with E-state index in [9.17, 15) is 39.3 Å². The monoisotopic (exact) mass is 582 g/mol. The number of H-pyrrole nitrogens is 1. The first kappa shape index (κ1) is 31.6. The Bertz CT molecular complexity index is 1440. The van der Waals surface area contributed by atoms with Crippen LogP contribution in [0.4, 0.5) is 0 Å². The van der Waals surface area contributed by atoms with Crippen LogP contribution in [0.25, 0.3) is 10.9 Å². The Morgan fingerprint density at radius 2 is 1.52 bits per heavy atom. The number of fused-ring (bicyclic) bond motifs is 1. The van der Waals surface area contributed by atoms with E-state index < -0.39 is 66.3 Å². The molecular weight excluding hydrogens is 548 g/mol. The average molecular weight is 583 g/mol. The summed E-state index contributed by atoms with van der Waals surface area (Å²) in [6.07, 6.45) is -0.473. The van der Waals surface area contributed by atoms with Crippen molar-refractivity contribution in [3.8, 4) is 5.75 Å². The van der Waals surface area contributed by atoms with Crippen molar-refractivity contribution in [3.05, 3.63) is 65.9 Å². The molecule has 1 aromatic heterocycles. The number of carbonyl (C=O) groups excluding carboxylic acids is 4. The smallest absolute Gasteiger partial charge is 0.326 e. The van der Waals surface area contributed by atoms with Crippen LogP contribution in [0, 0.1) is 0 Å². The van der Waals surface area contributed by atoms with Crippen LogP contribution in [0.2, 0.25) is 0 Å². The molecule has 11 N–H and O–H groups in total. The Labute approximate surface area is 240 Å². The van der Waals surface area contributed by atoms with Crippen LogP contribution in [-0.4, -0.2) is 80.2 Å². The van der Waals surface area contributed by atoms with Gasteiger partial charge in [0.2, 0.25) is 23.6 Å². The number of amides is 4. The number of phenols is 1. The van der Waals surface area contributed by atoms with Gasteiger partial charge in [-0.3, -0.25) is 19.2 Å². The molecule has 0 aliphatic carbocycles. The van der Waals surface area contributed by atoms with Gasteiger partial charge in [0.15, 0.2) is 0 Å². The first-order valence-electron chi connectivity index (χ1n) is 13.0. The number of nitrogens with one attached hydrogen (secondary N) is 4. The molecule has 0 spiro atoms. The van der Waals surface area contributed by atoms with Gasteiger partial charge in [-0.15, -0.1) is 0 Å². The van der Waals surface area contributed by atoms with Crippen molar-refractivity contribution in [1.82, 2.24) is 20.9 Å². The molecule has 3 aromatic rings. The molecule has 0 aliphatic rings. The molecule has 1 heterocycles. The van der Waals surface area contributed by atoms with E-state index in [1.54, 1.807) is 12.3 Å². The highest BCUT2D eigenvalue weighted by Crippen LogP contribution is 2.19. The largest absolute Gasteiger partial charge is 0.508 e. The zero-order valence-corrected chi connectivity index (χ0v) is 22.7. The summed E-state index contributed by atoms with van der Waals surface area (Å²) in [6.45, 7) is 1.23. The molecule has 4 amide bonds. The van der Waals surface area contributed by atoms with Crippen molar-refractivity contribution < 1.29 is 39.3 Å². The van der Waals surface area contributed by atoms with Crippen LogP contribution in [0.3, 0.4) is 0 Å². The molecule has 3 rings (SSSR count). The highest BCUT2D eigenvalue weighted by atomic mass is 16.4. The molecule has 0 saturated heterocycles. The Morgan fingerprint density at radius 3 is 2.14 bits per heavy atom. The summed E-state index contributed by atoms with van der Waals surface area (Å²) < 4.78 is 0. The zero-order valence-electron chi connectivity index (χ0n) is 22.7. The van der Waals surface area contributed by atoms with Crippen LogP contribution in [0.15, 0.2) is 54.7 Å². The van der Waals surface area contributed by atoms with Crippen molar-refractivity contribution in [2.45, 2.75) is 56.5 Å². The van der Waals surface area contributed by atoms with Crippen molar-refractivity contribution in [1.29, 1.82) is 0 Å². The van der Waals surface area contributed by atoms with Crippen LogP contribution >= 0.6 is 0 Å². The number of benzene rings is 2. The maximum Gasteiger partial charge on any atom is 0.326 e. The molecule has 0 radical (unpaired) electrons. The van der Waals surface area contributed by atoms with Gasteiger partial charge in [0, 0.05) is 29.9 Å². The third-order valence-electron chi connectivity index (χ3n) is 6.54. The quantitative estimate of drug-likeness (QED) is 0.110. The van der Waals surface area contributed by atoms with Gasteiger partial charge in [0.25, 0.3) is 0 Å². The van der Waals surface area contributed by atoms with Crippen LogP contribution in [-0.2, 0) is 36.8 Å². The van der Waals surface area contributed by atoms with Crippen molar-refractivity contribution >= 4 is 40.5 Å². The summed E-state index contributed by atoms with van der Waals surface area (Å²) in [4.78, 5) is 65.4. The predicted molar refractivity (Wildman–Crippen MR) is 151 cm³/mol. The molecule has 0 saturated carbocycles. The van der Waals surface area contributed by atoms with E-state index in [-0.39, 0.29) is 18.6 Å². The minimum atomic E-state index is -1.60. The maximum atomic E-state index is 13.4. The predicted octanol–water partition coefficient (Wildman–Crippen LogP) is -1.22. The Kier molecular flexibility index (Phi) is 10.6. The van der Waals surface area contributed by atoms with E-state index in [0.717, 1.165) is 10.9 Å². The number of carbonyl (C=O) groups is 5. The summed E-state index contributed by atoms with van der Waals surface area (Å²) in [5, 5.41) is 37.4. The number of aliphatic carboxylic acids is 1. The summed E-state index contributed by atoms with van der Waals surface area (Å²) in [7, 11) is 0. The minimum Gasteiger partial charge on any atom is -0.508 e. The van der Waals surface area contributed by atoms with Gasteiger partial charge in [-0.2, -0.15) is 0 Å². The molecule has 2 aromatic carbocycles. The first-order chi connectivity index (χ1) is 19.8. The number of hydrogen-bond acceptors (Lipinski definition) is 8. The molecule has 42 heavy (non-hydrogen) atoms. The number of aliphatic hydroxyl groups is 1. The SMILES string of the molecule is CC(O)C(NC(=O)C(Cc1c[nH]c2ccccc12)NC(=O)C(N)CC(N)=O)C(=O)NC(Cc1ccc(O)cc1)C(=O)O. The van der Waals surface area contributed by atoms with E-state index in [4.69, 9.17) is 11.5 Å². The van der Waals surface area contributed by atoms with Gasteiger partial charge in [-0.05, 0) is 36.2 Å². The number of aromatic amines is 1. The lowest BCUT2D eigenvalue weighted by Gasteiger charge is -2.26. The van der Waals surface area contributed by atoms with Crippen LogP contribution < -0.4 is 27.4 Å². The standard InChI is InChI=1S/C28H34N6O8/c1-14(35)24(27(40)33-22(28(41)42)10-15-6-8-17(36)9-7-15)34-26(39)21(32-25(38)19(29)12-23(30)37)11-16-13-31-20-5-3-2-4-18(16)20/h2-9,13-14,19,21-22,24,31,35-36H,10-12,29H2,1H3,(H2,30,37)(H,32,38)(H,33,40)(H,34,39)(H,41,42). The zero-order chi connectivity index (χ0) is 31.0. The first-order valence-corrected chi connectivity index (χ1v) is 13.0. The number of rotatable bonds is 14. The fourth-order valence-electron chi connectivity index (χ4n) is 4.31. The highest BCUT2D eigenvalue weighted by Gasteiger charge is 2.33. The van der Waals surface area contributed by atoms with Gasteiger partial charge in [0.1, 0.15) is 23.9 Å². The van der Waals surface area contributed by atoms with Gasteiger partial charge >= 0.3 is 5.97 Å². The number of carboxylic acids is 1. The number of para-hydroxylation sites is 1. The topological polar surface area (TPSA) is 250 Å². The fourth-order valence-corrected chi connectivity index (χ4v) is 4.31. The molecule has 5 atom stereocenters. The Hall–Kier alpha value is -4.95. The van der Waals surface area contributed by atoms with Crippen molar-refractivity contribution in [2.75, 3.05) is 0 Å². The number of phenolic OH excluding ortho intramolecular Hbond substituents is 1. The van der Waals surface area contributed by atoms with Crippen LogP contribution in [0.5, 0.6) is 5.75 Å². The van der Waals surface area contributed by atoms with E-state index in [1.165, 1.54) is 31.2 Å². The second-order valence-corrected chi connectivity index (χ2v) is 9.90. The lowest BCUT2D eigenvalue weighted by atomic mass is 10.0. The molecular formula is C28H34N6O8. The number of hydrogen-bond donors (Lipinski definition) is 9. The summed E-state index contributed by atoms with van der Waals surface area (Å²) in [6, 6.07) is 7.29. The number of aromatic nitrogens is 1. The summed E-state index contributed by atoms with van der Waals surface area (Å²) in [5.74, 6) is -4.89. The van der Waals surface area contributed by atoms with Crippen molar-refractivity contribution in [2.24, 2.45) is 11.5 Å². The highest BCUT2D eigenvalue weighted by molar-refractivity contribution is 5.96.